The van der Waals surface area contributed by atoms with Gasteiger partial charge in [0.25, 0.3) is 0 Å². The zero-order valence-electron chi connectivity index (χ0n) is 11.3. The molecule has 0 radical (unpaired) electrons. The number of pyridine rings is 1. The Kier molecular flexibility index (Phi) is 3.98. The van der Waals surface area contributed by atoms with Crippen molar-refractivity contribution in [3.63, 3.8) is 0 Å². The van der Waals surface area contributed by atoms with Crippen LogP contribution < -0.4 is 4.90 Å². The van der Waals surface area contributed by atoms with Gasteiger partial charge in [-0.05, 0) is 36.8 Å². The molecule has 0 aliphatic rings. The van der Waals surface area contributed by atoms with Crippen molar-refractivity contribution in [3.05, 3.63) is 59.0 Å². The summed E-state index contributed by atoms with van der Waals surface area (Å²) in [4.78, 5) is 17.2. The molecule has 1 heterocycles. The van der Waals surface area contributed by atoms with Gasteiger partial charge in [-0.25, -0.2) is 14.2 Å². The maximum atomic E-state index is 12.9. The normalized spacial score (nSPS) is 10.3. The Bertz CT molecular complexity index is 626. The number of anilines is 1. The van der Waals surface area contributed by atoms with Gasteiger partial charge in [-0.2, -0.15) is 0 Å². The van der Waals surface area contributed by atoms with Crippen molar-refractivity contribution in [1.82, 2.24) is 4.98 Å². The van der Waals surface area contributed by atoms with Crippen LogP contribution in [0.3, 0.4) is 0 Å². The molecular formula is C15H15FN2O2. The summed E-state index contributed by atoms with van der Waals surface area (Å²) in [6.45, 7) is 2.28. The van der Waals surface area contributed by atoms with E-state index >= 15 is 0 Å². The van der Waals surface area contributed by atoms with Gasteiger partial charge in [-0.1, -0.05) is 12.1 Å². The third-order valence-electron chi connectivity index (χ3n) is 2.91. The fourth-order valence-electron chi connectivity index (χ4n) is 1.91. The van der Waals surface area contributed by atoms with Crippen LogP contribution in [0.25, 0.3) is 0 Å². The van der Waals surface area contributed by atoms with Crippen molar-refractivity contribution in [2.24, 2.45) is 0 Å². The molecule has 104 valence electrons. The summed E-state index contributed by atoms with van der Waals surface area (Å²) in [7, 11) is 1.82. The zero-order chi connectivity index (χ0) is 14.7. The number of rotatable bonds is 4. The third kappa shape index (κ3) is 3.32. The SMILES string of the molecule is Cc1cc(C(=O)O)cc(N(C)Cc2ccc(F)cc2)n1. The Hall–Kier alpha value is -2.43. The number of benzene rings is 1. The minimum atomic E-state index is -0.980. The van der Waals surface area contributed by atoms with Crippen LogP contribution >= 0.6 is 0 Å². The molecule has 5 heteroatoms. The summed E-state index contributed by atoms with van der Waals surface area (Å²) in [5.74, 6) is -0.683. The van der Waals surface area contributed by atoms with E-state index in [1.54, 1.807) is 19.1 Å². The lowest BCUT2D eigenvalue weighted by Crippen LogP contribution is -2.18. The van der Waals surface area contributed by atoms with Crippen LogP contribution in [0, 0.1) is 12.7 Å². The quantitative estimate of drug-likeness (QED) is 0.931. The Labute approximate surface area is 116 Å². The van der Waals surface area contributed by atoms with E-state index in [0.717, 1.165) is 5.56 Å². The molecule has 0 spiro atoms. The van der Waals surface area contributed by atoms with E-state index in [-0.39, 0.29) is 11.4 Å². The highest BCUT2D eigenvalue weighted by atomic mass is 19.1. The third-order valence-corrected chi connectivity index (χ3v) is 2.91. The van der Waals surface area contributed by atoms with Gasteiger partial charge < -0.3 is 10.0 Å². The van der Waals surface area contributed by atoms with E-state index in [1.165, 1.54) is 24.3 Å². The second-order valence-corrected chi connectivity index (χ2v) is 4.64. The molecule has 0 aliphatic heterocycles. The maximum Gasteiger partial charge on any atom is 0.335 e. The second-order valence-electron chi connectivity index (χ2n) is 4.64. The van der Waals surface area contributed by atoms with Crippen LogP contribution in [0.5, 0.6) is 0 Å². The van der Waals surface area contributed by atoms with Gasteiger partial charge >= 0.3 is 5.97 Å². The second kappa shape index (κ2) is 5.69. The molecule has 1 aromatic carbocycles. The Morgan fingerprint density at radius 1 is 1.30 bits per heavy atom. The fourth-order valence-corrected chi connectivity index (χ4v) is 1.91. The van der Waals surface area contributed by atoms with Crippen LogP contribution in [0.4, 0.5) is 10.2 Å². The van der Waals surface area contributed by atoms with Gasteiger partial charge in [0.05, 0.1) is 5.56 Å². The van der Waals surface area contributed by atoms with Crippen molar-refractivity contribution in [2.75, 3.05) is 11.9 Å². The Morgan fingerprint density at radius 2 is 1.95 bits per heavy atom. The topological polar surface area (TPSA) is 53.4 Å². The summed E-state index contributed by atoms with van der Waals surface area (Å²) >= 11 is 0. The van der Waals surface area contributed by atoms with Gasteiger partial charge in [-0.15, -0.1) is 0 Å². The van der Waals surface area contributed by atoms with Gasteiger partial charge in [-0.3, -0.25) is 0 Å². The highest BCUT2D eigenvalue weighted by Crippen LogP contribution is 2.16. The lowest BCUT2D eigenvalue weighted by atomic mass is 10.2. The predicted octanol–water partition coefficient (Wildman–Crippen LogP) is 2.86. The molecule has 1 aromatic heterocycles. The predicted molar refractivity (Wildman–Crippen MR) is 74.4 cm³/mol. The van der Waals surface area contributed by atoms with E-state index in [1.807, 2.05) is 11.9 Å². The highest BCUT2D eigenvalue weighted by Gasteiger charge is 2.10. The Morgan fingerprint density at radius 3 is 2.55 bits per heavy atom. The molecular weight excluding hydrogens is 259 g/mol. The van der Waals surface area contributed by atoms with E-state index in [4.69, 9.17) is 5.11 Å². The summed E-state index contributed by atoms with van der Waals surface area (Å²) in [6, 6.07) is 9.24. The Balaban J connectivity index is 2.22. The van der Waals surface area contributed by atoms with Crippen LogP contribution in [0.2, 0.25) is 0 Å². The number of nitrogens with zero attached hydrogens (tertiary/aromatic N) is 2. The molecule has 0 fully saturated rings. The lowest BCUT2D eigenvalue weighted by molar-refractivity contribution is 0.0696. The first kappa shape index (κ1) is 14.0. The van der Waals surface area contributed by atoms with E-state index < -0.39 is 5.97 Å². The number of aromatic nitrogens is 1. The maximum absolute atomic E-state index is 12.9. The molecule has 0 amide bonds. The zero-order valence-corrected chi connectivity index (χ0v) is 11.3. The van der Waals surface area contributed by atoms with Crippen LogP contribution in [-0.4, -0.2) is 23.1 Å². The summed E-state index contributed by atoms with van der Waals surface area (Å²) in [5.41, 5.74) is 1.78. The molecule has 2 rings (SSSR count). The molecule has 0 aliphatic carbocycles. The monoisotopic (exact) mass is 274 g/mol. The number of carboxylic acids is 1. The van der Waals surface area contributed by atoms with Crippen LogP contribution in [0.1, 0.15) is 21.6 Å². The molecule has 1 N–H and O–H groups in total. The van der Waals surface area contributed by atoms with Crippen molar-refractivity contribution in [3.8, 4) is 0 Å². The lowest BCUT2D eigenvalue weighted by Gasteiger charge is -2.19. The van der Waals surface area contributed by atoms with Gasteiger partial charge in [0, 0.05) is 19.3 Å². The minimum Gasteiger partial charge on any atom is -0.478 e. The average molecular weight is 274 g/mol. The number of hydrogen-bond acceptors (Lipinski definition) is 3. The van der Waals surface area contributed by atoms with Crippen LogP contribution in [-0.2, 0) is 6.54 Å². The highest BCUT2D eigenvalue weighted by molar-refractivity contribution is 5.88. The molecule has 0 saturated heterocycles. The molecule has 0 bridgehead atoms. The van der Waals surface area contributed by atoms with Crippen molar-refractivity contribution in [1.29, 1.82) is 0 Å². The van der Waals surface area contributed by atoms with Crippen molar-refractivity contribution >= 4 is 11.8 Å². The molecule has 0 unspecified atom stereocenters. The number of carboxylic acid groups (broad SMARTS) is 1. The number of aromatic carboxylic acids is 1. The summed E-state index contributed by atoms with van der Waals surface area (Å²) in [5, 5.41) is 9.05. The molecule has 0 atom stereocenters. The molecule has 20 heavy (non-hydrogen) atoms. The van der Waals surface area contributed by atoms with Gasteiger partial charge in [0.1, 0.15) is 11.6 Å². The van der Waals surface area contributed by atoms with E-state index in [9.17, 15) is 9.18 Å². The van der Waals surface area contributed by atoms with Gasteiger partial charge in [0.15, 0.2) is 0 Å². The fraction of sp³-hybridized carbons (Fsp3) is 0.200. The average Bonchev–Trinajstić information content (AvgIpc) is 2.40. The first-order valence-electron chi connectivity index (χ1n) is 6.13. The largest absolute Gasteiger partial charge is 0.478 e. The minimum absolute atomic E-state index is 0.207. The first-order valence-corrected chi connectivity index (χ1v) is 6.13. The molecule has 2 aromatic rings. The van der Waals surface area contributed by atoms with Crippen LogP contribution in [0.15, 0.2) is 36.4 Å². The van der Waals surface area contributed by atoms with Gasteiger partial charge in [0.2, 0.25) is 0 Å². The molecule has 0 saturated carbocycles. The number of aryl methyl sites for hydroxylation is 1. The number of carbonyl (C=O) groups is 1. The smallest absolute Gasteiger partial charge is 0.335 e. The number of halogens is 1. The van der Waals surface area contributed by atoms with Crippen molar-refractivity contribution in [2.45, 2.75) is 13.5 Å². The first-order chi connectivity index (χ1) is 9.45. The van der Waals surface area contributed by atoms with E-state index in [0.29, 0.717) is 18.1 Å². The summed E-state index contributed by atoms with van der Waals surface area (Å²) < 4.78 is 12.9. The summed E-state index contributed by atoms with van der Waals surface area (Å²) in [6.07, 6.45) is 0. The van der Waals surface area contributed by atoms with Crippen molar-refractivity contribution < 1.29 is 14.3 Å². The number of hydrogen-bond donors (Lipinski definition) is 1. The molecule has 4 nitrogen and oxygen atoms in total. The van der Waals surface area contributed by atoms with E-state index in [2.05, 4.69) is 4.98 Å². The standard InChI is InChI=1S/C15H15FN2O2/c1-10-7-12(15(19)20)8-14(17-10)18(2)9-11-3-5-13(16)6-4-11/h3-8H,9H2,1-2H3,(H,19,20).